The SMILES string of the molecule is CCc1ccc(CN(C)C(=O)NC2(CN3CCOCC3)CCCCC2)nc1. The van der Waals surface area contributed by atoms with Crippen LogP contribution in [0.2, 0.25) is 0 Å². The van der Waals surface area contributed by atoms with Gasteiger partial charge in [0.25, 0.3) is 0 Å². The molecule has 6 nitrogen and oxygen atoms in total. The van der Waals surface area contributed by atoms with Crippen molar-refractivity contribution >= 4 is 6.03 Å². The fraction of sp³-hybridized carbons (Fsp3) is 0.714. The molecular weight excluding hydrogens is 340 g/mol. The summed E-state index contributed by atoms with van der Waals surface area (Å²) >= 11 is 0. The molecule has 3 rings (SSSR count). The molecule has 0 aromatic carbocycles. The Kier molecular flexibility index (Phi) is 7.07. The van der Waals surface area contributed by atoms with E-state index >= 15 is 0 Å². The number of amides is 2. The zero-order valence-electron chi connectivity index (χ0n) is 16.9. The van der Waals surface area contributed by atoms with Gasteiger partial charge in [-0.3, -0.25) is 9.88 Å². The van der Waals surface area contributed by atoms with Crippen LogP contribution in [0.15, 0.2) is 18.3 Å². The van der Waals surface area contributed by atoms with Crippen molar-refractivity contribution in [1.82, 2.24) is 20.1 Å². The van der Waals surface area contributed by atoms with Gasteiger partial charge in [0, 0.05) is 32.9 Å². The van der Waals surface area contributed by atoms with Crippen LogP contribution in [0.25, 0.3) is 0 Å². The lowest BCUT2D eigenvalue weighted by atomic mass is 9.81. The third kappa shape index (κ3) is 5.66. The third-order valence-corrected chi connectivity index (χ3v) is 5.85. The van der Waals surface area contributed by atoms with Crippen LogP contribution in [0.3, 0.4) is 0 Å². The summed E-state index contributed by atoms with van der Waals surface area (Å²) in [5.74, 6) is 0. The van der Waals surface area contributed by atoms with Gasteiger partial charge in [0.15, 0.2) is 0 Å². The standard InChI is InChI=1S/C21H34N4O2/c1-3-18-7-8-19(22-15-18)16-24(2)20(26)23-21(9-5-4-6-10-21)17-25-11-13-27-14-12-25/h7-8,15H,3-6,9-14,16-17H2,1-2H3,(H,23,26). The zero-order chi connectivity index (χ0) is 19.1. The molecule has 2 fully saturated rings. The number of morpholine rings is 1. The summed E-state index contributed by atoms with van der Waals surface area (Å²) < 4.78 is 5.48. The molecule has 1 aliphatic carbocycles. The Bertz CT molecular complexity index is 593. The molecule has 0 atom stereocenters. The summed E-state index contributed by atoms with van der Waals surface area (Å²) in [6.07, 6.45) is 8.66. The molecule has 1 saturated carbocycles. The molecule has 1 aliphatic heterocycles. The smallest absolute Gasteiger partial charge is 0.317 e. The molecule has 1 saturated heterocycles. The molecule has 2 aliphatic rings. The summed E-state index contributed by atoms with van der Waals surface area (Å²) in [4.78, 5) is 21.6. The number of rotatable bonds is 6. The first-order valence-corrected chi connectivity index (χ1v) is 10.4. The number of urea groups is 1. The number of hydrogen-bond donors (Lipinski definition) is 1. The highest BCUT2D eigenvalue weighted by Gasteiger charge is 2.36. The highest BCUT2D eigenvalue weighted by molar-refractivity contribution is 5.74. The first-order chi connectivity index (χ1) is 13.1. The molecule has 0 radical (unpaired) electrons. The number of carbonyl (C=O) groups excluding carboxylic acids is 1. The van der Waals surface area contributed by atoms with Crippen molar-refractivity contribution in [2.75, 3.05) is 39.9 Å². The quantitative estimate of drug-likeness (QED) is 0.832. The Hall–Kier alpha value is -1.66. The van der Waals surface area contributed by atoms with Crippen LogP contribution < -0.4 is 5.32 Å². The number of nitrogens with one attached hydrogen (secondary N) is 1. The van der Waals surface area contributed by atoms with E-state index in [1.54, 1.807) is 4.90 Å². The molecule has 1 aromatic rings. The monoisotopic (exact) mass is 374 g/mol. The second-order valence-electron chi connectivity index (χ2n) is 8.03. The lowest BCUT2D eigenvalue weighted by Crippen LogP contribution is -2.59. The number of ether oxygens (including phenoxy) is 1. The van der Waals surface area contributed by atoms with Crippen molar-refractivity contribution in [1.29, 1.82) is 0 Å². The average molecular weight is 375 g/mol. The first kappa shape index (κ1) is 20.1. The minimum atomic E-state index is -0.111. The van der Waals surface area contributed by atoms with Crippen molar-refractivity contribution in [3.05, 3.63) is 29.6 Å². The molecule has 27 heavy (non-hydrogen) atoms. The van der Waals surface area contributed by atoms with Gasteiger partial charge in [0.2, 0.25) is 0 Å². The highest BCUT2D eigenvalue weighted by Crippen LogP contribution is 2.29. The van der Waals surface area contributed by atoms with Gasteiger partial charge < -0.3 is 15.0 Å². The lowest BCUT2D eigenvalue weighted by Gasteiger charge is -2.43. The summed E-state index contributed by atoms with van der Waals surface area (Å²) in [6, 6.07) is 4.12. The van der Waals surface area contributed by atoms with Gasteiger partial charge in [-0.15, -0.1) is 0 Å². The van der Waals surface area contributed by atoms with Crippen LogP contribution >= 0.6 is 0 Å². The van der Waals surface area contributed by atoms with Crippen LogP contribution in [-0.4, -0.2) is 66.2 Å². The minimum absolute atomic E-state index is 0.00604. The van der Waals surface area contributed by atoms with E-state index in [2.05, 4.69) is 28.2 Å². The molecule has 150 valence electrons. The summed E-state index contributed by atoms with van der Waals surface area (Å²) in [6.45, 7) is 7.09. The van der Waals surface area contributed by atoms with E-state index < -0.39 is 0 Å². The largest absolute Gasteiger partial charge is 0.379 e. The number of aryl methyl sites for hydroxylation is 1. The molecule has 0 unspecified atom stereocenters. The molecule has 1 N–H and O–H groups in total. The van der Waals surface area contributed by atoms with Gasteiger partial charge in [-0.05, 0) is 30.9 Å². The summed E-state index contributed by atoms with van der Waals surface area (Å²) in [5.41, 5.74) is 2.04. The second kappa shape index (κ2) is 9.51. The van der Waals surface area contributed by atoms with Crippen molar-refractivity contribution in [2.24, 2.45) is 0 Å². The summed E-state index contributed by atoms with van der Waals surface area (Å²) in [7, 11) is 1.86. The fourth-order valence-corrected chi connectivity index (χ4v) is 4.13. The number of aromatic nitrogens is 1. The van der Waals surface area contributed by atoms with Crippen molar-refractivity contribution in [3.63, 3.8) is 0 Å². The van der Waals surface area contributed by atoms with Crippen LogP contribution in [0.1, 0.15) is 50.3 Å². The molecule has 0 spiro atoms. The van der Waals surface area contributed by atoms with Gasteiger partial charge in [-0.2, -0.15) is 0 Å². The summed E-state index contributed by atoms with van der Waals surface area (Å²) in [5, 5.41) is 3.40. The Morgan fingerprint density at radius 1 is 1.26 bits per heavy atom. The van der Waals surface area contributed by atoms with E-state index in [9.17, 15) is 4.79 Å². The topological polar surface area (TPSA) is 57.7 Å². The number of hydrogen-bond acceptors (Lipinski definition) is 4. The molecule has 2 heterocycles. The van der Waals surface area contributed by atoms with Crippen LogP contribution in [0.4, 0.5) is 4.79 Å². The maximum Gasteiger partial charge on any atom is 0.317 e. The van der Waals surface area contributed by atoms with E-state index in [0.717, 1.165) is 57.8 Å². The predicted octanol–water partition coefficient (Wildman–Crippen LogP) is 2.82. The number of pyridine rings is 1. The molecular formula is C21H34N4O2. The van der Waals surface area contributed by atoms with Gasteiger partial charge in [-0.25, -0.2) is 4.79 Å². The Morgan fingerprint density at radius 3 is 2.63 bits per heavy atom. The molecule has 0 bridgehead atoms. The Labute approximate surface area is 163 Å². The molecule has 2 amide bonds. The van der Waals surface area contributed by atoms with E-state index in [0.29, 0.717) is 6.54 Å². The number of nitrogens with zero attached hydrogens (tertiary/aromatic N) is 3. The first-order valence-electron chi connectivity index (χ1n) is 10.4. The van der Waals surface area contributed by atoms with Gasteiger partial charge in [0.1, 0.15) is 0 Å². The van der Waals surface area contributed by atoms with E-state index in [1.165, 1.54) is 24.8 Å². The minimum Gasteiger partial charge on any atom is -0.379 e. The fourth-order valence-electron chi connectivity index (χ4n) is 4.13. The maximum absolute atomic E-state index is 12.9. The Morgan fingerprint density at radius 2 is 2.00 bits per heavy atom. The van der Waals surface area contributed by atoms with Gasteiger partial charge in [-0.1, -0.05) is 32.3 Å². The zero-order valence-corrected chi connectivity index (χ0v) is 16.9. The maximum atomic E-state index is 12.9. The predicted molar refractivity (Wildman–Crippen MR) is 107 cm³/mol. The second-order valence-corrected chi connectivity index (χ2v) is 8.03. The van der Waals surface area contributed by atoms with Crippen molar-refractivity contribution in [3.8, 4) is 0 Å². The third-order valence-electron chi connectivity index (χ3n) is 5.85. The van der Waals surface area contributed by atoms with Gasteiger partial charge in [0.05, 0.1) is 31.0 Å². The number of carbonyl (C=O) groups is 1. The van der Waals surface area contributed by atoms with E-state index in [-0.39, 0.29) is 11.6 Å². The van der Waals surface area contributed by atoms with Crippen molar-refractivity contribution in [2.45, 2.75) is 57.5 Å². The van der Waals surface area contributed by atoms with E-state index in [4.69, 9.17) is 4.74 Å². The molecule has 1 aromatic heterocycles. The van der Waals surface area contributed by atoms with Crippen molar-refractivity contribution < 1.29 is 9.53 Å². The van der Waals surface area contributed by atoms with E-state index in [1.807, 2.05) is 19.3 Å². The van der Waals surface area contributed by atoms with Crippen LogP contribution in [-0.2, 0) is 17.7 Å². The normalized spacial score (nSPS) is 20.2. The lowest BCUT2D eigenvalue weighted by molar-refractivity contribution is 0.0191. The highest BCUT2D eigenvalue weighted by atomic mass is 16.5. The molecule has 6 heteroatoms. The van der Waals surface area contributed by atoms with Crippen LogP contribution in [0, 0.1) is 0 Å². The Balaban J connectivity index is 1.60. The van der Waals surface area contributed by atoms with Crippen LogP contribution in [0.5, 0.6) is 0 Å². The van der Waals surface area contributed by atoms with Gasteiger partial charge >= 0.3 is 6.03 Å². The average Bonchev–Trinajstić information content (AvgIpc) is 2.70.